The van der Waals surface area contributed by atoms with Gasteiger partial charge in [-0.05, 0) is 89.9 Å². The lowest BCUT2D eigenvalue weighted by atomic mass is 10.0. The molecule has 0 aromatic heterocycles. The van der Waals surface area contributed by atoms with Crippen LogP contribution in [0.25, 0.3) is 0 Å². The van der Waals surface area contributed by atoms with E-state index in [2.05, 4.69) is 98.9 Å². The molecule has 0 saturated carbocycles. The van der Waals surface area contributed by atoms with E-state index in [9.17, 15) is 19.0 Å². The van der Waals surface area contributed by atoms with Crippen molar-refractivity contribution in [3.63, 3.8) is 0 Å². The van der Waals surface area contributed by atoms with Crippen molar-refractivity contribution in [1.29, 1.82) is 0 Å². The van der Waals surface area contributed by atoms with Gasteiger partial charge in [-0.25, -0.2) is 0 Å². The number of esters is 2. The zero-order chi connectivity index (χ0) is 59.8. The molecule has 0 aliphatic rings. The Kier molecular flexibility index (Phi) is 60.6. The molecule has 0 aromatic rings. The third-order valence-corrected chi connectivity index (χ3v) is 15.9. The second-order valence-corrected chi connectivity index (χ2v) is 25.6. The monoisotopic (exact) mass is 1170 g/mol. The van der Waals surface area contributed by atoms with Gasteiger partial charge in [-0.2, -0.15) is 0 Å². The fraction of sp³-hybridized carbons (Fsp3) is 0.778. The summed E-state index contributed by atoms with van der Waals surface area (Å²) in [5.74, 6) is -0.825. The van der Waals surface area contributed by atoms with E-state index in [1.54, 1.807) is 0 Å². The Balaban J connectivity index is 4.01. The molecule has 0 bridgehead atoms. The lowest BCUT2D eigenvalue weighted by Crippen LogP contribution is -2.37. The van der Waals surface area contributed by atoms with E-state index in [0.29, 0.717) is 17.4 Å². The number of phosphoric ester groups is 1. The molecular weight excluding hydrogens is 1040 g/mol. The van der Waals surface area contributed by atoms with Crippen LogP contribution in [-0.4, -0.2) is 70.0 Å². The van der Waals surface area contributed by atoms with Gasteiger partial charge in [0.1, 0.15) is 19.8 Å². The van der Waals surface area contributed by atoms with Crippen LogP contribution in [-0.2, 0) is 32.7 Å². The first-order chi connectivity index (χ1) is 40.0. The van der Waals surface area contributed by atoms with Gasteiger partial charge >= 0.3 is 11.9 Å². The van der Waals surface area contributed by atoms with Crippen LogP contribution in [0.1, 0.15) is 309 Å². The Morgan fingerprint density at radius 1 is 0.390 bits per heavy atom. The third kappa shape index (κ3) is 66.3. The number of ether oxygens (including phenoxy) is 2. The molecule has 10 heteroatoms. The number of rotatable bonds is 63. The molecule has 0 saturated heterocycles. The van der Waals surface area contributed by atoms with Gasteiger partial charge in [0.25, 0.3) is 7.82 Å². The van der Waals surface area contributed by atoms with Crippen LogP contribution in [0.2, 0.25) is 0 Å². The number of allylic oxidation sites excluding steroid dienone is 14. The molecule has 0 rings (SSSR count). The highest BCUT2D eigenvalue weighted by Crippen LogP contribution is 2.38. The minimum Gasteiger partial charge on any atom is -0.756 e. The third-order valence-electron chi connectivity index (χ3n) is 14.9. The van der Waals surface area contributed by atoms with E-state index < -0.39 is 26.5 Å². The van der Waals surface area contributed by atoms with E-state index >= 15 is 0 Å². The average molecular weight is 1170 g/mol. The van der Waals surface area contributed by atoms with Crippen LogP contribution < -0.4 is 4.89 Å². The van der Waals surface area contributed by atoms with Gasteiger partial charge in [-0.3, -0.25) is 14.2 Å². The standard InChI is InChI=1S/C72H130NO8P/c1-6-8-10-12-14-16-18-20-22-24-26-28-29-30-31-32-33-34-35-36-37-38-39-40-41-42-43-45-47-49-51-53-55-57-59-61-63-65-72(75)81-70(69-80-82(76,77)79-67-66-73(3,4)5)68-78-71(74)64-62-60-58-56-54-52-50-48-46-44-27-25-23-21-19-17-15-13-11-9-7-2/h8,10,14,16,20,22,25-28,30-31,33-34,70H,6-7,9,11-13,15,17-19,21,23-24,29,32,35-69H2,1-5H3/b10-8-,16-14-,22-20-,27-25-,28-26-,31-30-,34-33-. The SMILES string of the molecule is CC/C=C\C/C=C\C/C=C\C/C=C\C/C=C\C/C=C\CCCCCCCCCCCCCCCCCCCCC(=O)OC(COC(=O)CCCCCCCCCCC/C=C\CCCCCCCCCC)COP(=O)([O-])OCC[N+](C)(C)C. The summed E-state index contributed by atoms with van der Waals surface area (Å²) >= 11 is 0. The van der Waals surface area contributed by atoms with Crippen LogP contribution in [0.3, 0.4) is 0 Å². The first-order valence-corrected chi connectivity index (χ1v) is 35.8. The highest BCUT2D eigenvalue weighted by Gasteiger charge is 2.22. The first kappa shape index (κ1) is 79.2. The molecule has 0 N–H and O–H groups in total. The number of carbonyl (C=O) groups is 2. The normalized spacial score (nSPS) is 13.7. The van der Waals surface area contributed by atoms with Crippen molar-refractivity contribution >= 4 is 19.8 Å². The van der Waals surface area contributed by atoms with Crippen molar-refractivity contribution in [3.8, 4) is 0 Å². The average Bonchev–Trinajstić information content (AvgIpc) is 3.46. The van der Waals surface area contributed by atoms with Crippen molar-refractivity contribution < 1.29 is 42.1 Å². The van der Waals surface area contributed by atoms with Crippen LogP contribution in [0.4, 0.5) is 0 Å². The molecule has 9 nitrogen and oxygen atoms in total. The Hall–Kier alpha value is -2.81. The highest BCUT2D eigenvalue weighted by molar-refractivity contribution is 7.45. The highest BCUT2D eigenvalue weighted by atomic mass is 31.2. The number of nitrogens with zero attached hydrogens (tertiary/aromatic N) is 1. The second-order valence-electron chi connectivity index (χ2n) is 24.2. The van der Waals surface area contributed by atoms with Gasteiger partial charge in [0.05, 0.1) is 27.7 Å². The first-order valence-electron chi connectivity index (χ1n) is 34.3. The second kappa shape index (κ2) is 62.7. The van der Waals surface area contributed by atoms with Gasteiger partial charge in [0.15, 0.2) is 6.10 Å². The van der Waals surface area contributed by atoms with E-state index in [4.69, 9.17) is 18.5 Å². The molecule has 0 fully saturated rings. The summed E-state index contributed by atoms with van der Waals surface area (Å²) < 4.78 is 34.3. The Labute approximate surface area is 507 Å². The Morgan fingerprint density at radius 2 is 0.695 bits per heavy atom. The van der Waals surface area contributed by atoms with Crippen LogP contribution in [0.15, 0.2) is 85.1 Å². The number of hydrogen-bond donors (Lipinski definition) is 0. The number of unbranched alkanes of at least 4 members (excludes halogenated alkanes) is 35. The lowest BCUT2D eigenvalue weighted by molar-refractivity contribution is -0.870. The zero-order valence-electron chi connectivity index (χ0n) is 54.2. The fourth-order valence-electron chi connectivity index (χ4n) is 9.66. The molecule has 2 atom stereocenters. The molecule has 0 radical (unpaired) electrons. The van der Waals surface area contributed by atoms with Crippen LogP contribution in [0, 0.1) is 0 Å². The van der Waals surface area contributed by atoms with Gasteiger partial charge in [-0.1, -0.05) is 292 Å². The van der Waals surface area contributed by atoms with E-state index in [1.807, 2.05) is 21.1 Å². The lowest BCUT2D eigenvalue weighted by Gasteiger charge is -2.28. The van der Waals surface area contributed by atoms with Gasteiger partial charge in [0, 0.05) is 12.8 Å². The van der Waals surface area contributed by atoms with Crippen molar-refractivity contribution in [2.45, 2.75) is 315 Å². The molecular formula is C72H130NO8P. The molecule has 0 amide bonds. The summed E-state index contributed by atoms with van der Waals surface area (Å²) in [4.78, 5) is 38.0. The summed E-state index contributed by atoms with van der Waals surface area (Å²) in [5.41, 5.74) is 0. The molecule has 0 heterocycles. The van der Waals surface area contributed by atoms with Crippen molar-refractivity contribution in [3.05, 3.63) is 85.1 Å². The topological polar surface area (TPSA) is 111 Å². The minimum atomic E-state index is -4.64. The maximum absolute atomic E-state index is 12.9. The predicted molar refractivity (Wildman–Crippen MR) is 351 cm³/mol. The van der Waals surface area contributed by atoms with Gasteiger partial charge in [0.2, 0.25) is 0 Å². The van der Waals surface area contributed by atoms with E-state index in [0.717, 1.165) is 77.0 Å². The summed E-state index contributed by atoms with van der Waals surface area (Å²) in [6.07, 6.45) is 85.2. The van der Waals surface area contributed by atoms with E-state index in [1.165, 1.54) is 199 Å². The van der Waals surface area contributed by atoms with Crippen molar-refractivity contribution in [1.82, 2.24) is 0 Å². The maximum atomic E-state index is 12.9. The van der Waals surface area contributed by atoms with Crippen LogP contribution in [0.5, 0.6) is 0 Å². The minimum absolute atomic E-state index is 0.0316. The molecule has 82 heavy (non-hydrogen) atoms. The van der Waals surface area contributed by atoms with Gasteiger partial charge in [-0.15, -0.1) is 0 Å². The molecule has 0 spiro atoms. The summed E-state index contributed by atoms with van der Waals surface area (Å²) in [6.45, 7) is 4.16. The van der Waals surface area contributed by atoms with Gasteiger partial charge < -0.3 is 27.9 Å². The quantitative estimate of drug-likeness (QED) is 0.0195. The Morgan fingerprint density at radius 3 is 1.05 bits per heavy atom. The zero-order valence-corrected chi connectivity index (χ0v) is 55.1. The number of phosphoric acid groups is 1. The summed E-state index contributed by atoms with van der Waals surface area (Å²) in [5, 5.41) is 0. The predicted octanol–water partition coefficient (Wildman–Crippen LogP) is 21.5. The molecule has 476 valence electrons. The maximum Gasteiger partial charge on any atom is 0.306 e. The Bertz CT molecular complexity index is 1660. The molecule has 2 unspecified atom stereocenters. The summed E-state index contributed by atoms with van der Waals surface area (Å²) in [7, 11) is 1.17. The largest absolute Gasteiger partial charge is 0.756 e. The smallest absolute Gasteiger partial charge is 0.306 e. The number of hydrogen-bond acceptors (Lipinski definition) is 8. The van der Waals surface area contributed by atoms with Crippen LogP contribution >= 0.6 is 7.82 Å². The molecule has 0 aliphatic carbocycles. The number of quaternary nitrogens is 1. The number of carbonyl (C=O) groups excluding carboxylic acids is 2. The number of likely N-dealkylation sites (N-methyl/N-ethyl adjacent to an activating group) is 1. The fourth-order valence-corrected chi connectivity index (χ4v) is 10.4. The summed E-state index contributed by atoms with van der Waals surface area (Å²) in [6, 6.07) is 0. The van der Waals surface area contributed by atoms with E-state index in [-0.39, 0.29) is 32.0 Å². The van der Waals surface area contributed by atoms with Crippen molar-refractivity contribution in [2.24, 2.45) is 0 Å². The molecule has 0 aromatic carbocycles. The molecule has 0 aliphatic heterocycles. The van der Waals surface area contributed by atoms with Crippen molar-refractivity contribution in [2.75, 3.05) is 47.5 Å².